The fourth-order valence-corrected chi connectivity index (χ4v) is 5.70. The van der Waals surface area contributed by atoms with Crippen molar-refractivity contribution >= 4 is 11.9 Å². The third-order valence-electron chi connectivity index (χ3n) is 7.53. The lowest BCUT2D eigenvalue weighted by atomic mass is 9.67. The van der Waals surface area contributed by atoms with Gasteiger partial charge in [-0.25, -0.2) is 0 Å². The highest BCUT2D eigenvalue weighted by Gasteiger charge is 2.44. The van der Waals surface area contributed by atoms with Gasteiger partial charge in [0.1, 0.15) is 12.2 Å². The molecule has 37 heavy (non-hydrogen) atoms. The molecule has 4 N–H and O–H groups in total. The number of aliphatic hydroxyl groups is 1. The fraction of sp³-hybridized carbons (Fsp3) is 0.714. The van der Waals surface area contributed by atoms with Crippen molar-refractivity contribution in [1.29, 1.82) is 0 Å². The van der Waals surface area contributed by atoms with E-state index < -0.39 is 18.3 Å². The first-order valence-electron chi connectivity index (χ1n) is 13.6. The highest BCUT2D eigenvalue weighted by Crippen LogP contribution is 2.44. The molecule has 9 nitrogen and oxygen atoms in total. The van der Waals surface area contributed by atoms with E-state index in [1.165, 1.54) is 6.92 Å². The van der Waals surface area contributed by atoms with Crippen molar-refractivity contribution in [1.82, 2.24) is 10.6 Å². The number of carbonyl (C=O) groups excluding carboxylic acids is 2. The molecule has 0 amide bonds. The van der Waals surface area contributed by atoms with Gasteiger partial charge in [0.15, 0.2) is 11.5 Å². The van der Waals surface area contributed by atoms with Crippen LogP contribution in [0.25, 0.3) is 0 Å². The first-order valence-corrected chi connectivity index (χ1v) is 13.6. The third kappa shape index (κ3) is 8.32. The molecule has 3 atom stereocenters. The van der Waals surface area contributed by atoms with Gasteiger partial charge in [-0.05, 0) is 90.1 Å². The third-order valence-corrected chi connectivity index (χ3v) is 7.53. The van der Waals surface area contributed by atoms with Crippen molar-refractivity contribution in [2.24, 2.45) is 5.41 Å². The van der Waals surface area contributed by atoms with Gasteiger partial charge in [-0.3, -0.25) is 9.59 Å². The minimum atomic E-state index is -0.472. The van der Waals surface area contributed by atoms with Crippen LogP contribution in [0.3, 0.4) is 0 Å². The smallest absolute Gasteiger partial charge is 0.320 e. The maximum absolute atomic E-state index is 12.8. The Labute approximate surface area is 220 Å². The van der Waals surface area contributed by atoms with E-state index in [0.717, 1.165) is 49.9 Å². The molecule has 0 aromatic heterocycles. The standard InChI is InChI=1S/C28H44N2O7/c1-19(31)6-4-7-22(36-20(2)32)16-25(37-26(34)18-29-3)28(11-13-30-14-12-28)17-21-9-10-24(33)27-23(21)8-5-15-35-27/h9-10,19,22,25,29-31,33H,4-8,11-18H2,1-3H3/t19-,22+,25+/m0/s1. The molecule has 0 aliphatic carbocycles. The summed E-state index contributed by atoms with van der Waals surface area (Å²) in [5.74, 6) is 0.00816. The van der Waals surface area contributed by atoms with Crippen LogP contribution in [-0.4, -0.2) is 73.8 Å². The van der Waals surface area contributed by atoms with E-state index in [2.05, 4.69) is 10.6 Å². The number of rotatable bonds is 13. The second-order valence-electron chi connectivity index (χ2n) is 10.5. The van der Waals surface area contributed by atoms with Crippen molar-refractivity contribution in [3.63, 3.8) is 0 Å². The lowest BCUT2D eigenvalue weighted by Gasteiger charge is -2.45. The first-order chi connectivity index (χ1) is 17.7. The van der Waals surface area contributed by atoms with E-state index in [9.17, 15) is 19.8 Å². The summed E-state index contributed by atoms with van der Waals surface area (Å²) < 4.78 is 17.7. The molecule has 9 heteroatoms. The molecule has 0 radical (unpaired) electrons. The van der Waals surface area contributed by atoms with Crippen LogP contribution in [-0.2, 0) is 31.9 Å². The van der Waals surface area contributed by atoms with Crippen LogP contribution in [0.2, 0.25) is 0 Å². The topological polar surface area (TPSA) is 126 Å². The van der Waals surface area contributed by atoms with Gasteiger partial charge in [0.25, 0.3) is 0 Å². The molecule has 0 spiro atoms. The van der Waals surface area contributed by atoms with E-state index in [1.54, 1.807) is 20.0 Å². The Kier molecular flexibility index (Phi) is 11.0. The van der Waals surface area contributed by atoms with Gasteiger partial charge in [0.05, 0.1) is 19.3 Å². The van der Waals surface area contributed by atoms with E-state index >= 15 is 0 Å². The average molecular weight is 521 g/mol. The zero-order valence-electron chi connectivity index (χ0n) is 22.5. The molecule has 1 saturated heterocycles. The van der Waals surface area contributed by atoms with Crippen LogP contribution < -0.4 is 15.4 Å². The summed E-state index contributed by atoms with van der Waals surface area (Å²) >= 11 is 0. The molecular formula is C28H44N2O7. The van der Waals surface area contributed by atoms with Gasteiger partial charge in [-0.15, -0.1) is 0 Å². The molecule has 0 saturated carbocycles. The Balaban J connectivity index is 1.94. The minimum Gasteiger partial charge on any atom is -0.504 e. The second kappa shape index (κ2) is 14.0. The molecular weight excluding hydrogens is 476 g/mol. The number of phenolic OH excluding ortho intramolecular Hbond substituents is 1. The zero-order chi connectivity index (χ0) is 26.8. The van der Waals surface area contributed by atoms with Crippen molar-refractivity contribution in [3.05, 3.63) is 23.3 Å². The number of phenols is 1. The number of piperidine rings is 1. The number of aliphatic hydroxyl groups excluding tert-OH is 1. The number of fused-ring (bicyclic) bond motifs is 1. The highest BCUT2D eigenvalue weighted by molar-refractivity contribution is 5.72. The van der Waals surface area contributed by atoms with E-state index in [1.807, 2.05) is 6.07 Å². The number of ether oxygens (including phenoxy) is 3. The molecule has 2 aliphatic rings. The molecule has 1 aromatic carbocycles. The number of esters is 2. The highest BCUT2D eigenvalue weighted by atomic mass is 16.6. The summed E-state index contributed by atoms with van der Waals surface area (Å²) in [7, 11) is 1.71. The van der Waals surface area contributed by atoms with Crippen molar-refractivity contribution in [2.45, 2.75) is 89.9 Å². The fourth-order valence-electron chi connectivity index (χ4n) is 5.70. The summed E-state index contributed by atoms with van der Waals surface area (Å²) in [4.78, 5) is 24.7. The number of benzene rings is 1. The van der Waals surface area contributed by atoms with Gasteiger partial charge >= 0.3 is 11.9 Å². The van der Waals surface area contributed by atoms with E-state index in [4.69, 9.17) is 14.2 Å². The number of carbonyl (C=O) groups is 2. The summed E-state index contributed by atoms with van der Waals surface area (Å²) in [6.45, 7) is 5.39. The van der Waals surface area contributed by atoms with Crippen LogP contribution in [0, 0.1) is 5.41 Å². The van der Waals surface area contributed by atoms with Gasteiger partial charge in [0, 0.05) is 24.3 Å². The monoisotopic (exact) mass is 520 g/mol. The number of likely N-dealkylation sites (N-methyl/N-ethyl adjacent to an activating group) is 1. The summed E-state index contributed by atoms with van der Waals surface area (Å²) in [5.41, 5.74) is 1.75. The van der Waals surface area contributed by atoms with E-state index in [-0.39, 0.29) is 29.6 Å². The number of hydrogen-bond donors (Lipinski definition) is 4. The second-order valence-corrected chi connectivity index (χ2v) is 10.5. The Morgan fingerprint density at radius 1 is 1.22 bits per heavy atom. The predicted molar refractivity (Wildman–Crippen MR) is 140 cm³/mol. The molecule has 208 valence electrons. The van der Waals surface area contributed by atoms with Crippen LogP contribution >= 0.6 is 0 Å². The predicted octanol–water partition coefficient (Wildman–Crippen LogP) is 2.63. The zero-order valence-corrected chi connectivity index (χ0v) is 22.5. The first kappa shape index (κ1) is 29.2. The number of nitrogens with one attached hydrogen (secondary N) is 2. The Hall–Kier alpha value is -2.36. The lowest BCUT2D eigenvalue weighted by molar-refractivity contribution is -0.163. The maximum Gasteiger partial charge on any atom is 0.320 e. The summed E-state index contributed by atoms with van der Waals surface area (Å²) in [6, 6.07) is 3.65. The molecule has 3 rings (SSSR count). The SMILES string of the molecule is CNCC(=O)O[C@H](C[C@@H](CCC[C@H](C)O)OC(C)=O)C1(Cc2ccc(O)c3c2CCCO3)CCNCC1. The average Bonchev–Trinajstić information content (AvgIpc) is 2.85. The number of hydrogen-bond acceptors (Lipinski definition) is 9. The largest absolute Gasteiger partial charge is 0.504 e. The molecule has 0 unspecified atom stereocenters. The normalized spacial score (nSPS) is 19.1. The van der Waals surface area contributed by atoms with Crippen molar-refractivity contribution in [3.8, 4) is 11.5 Å². The quantitative estimate of drug-likeness (QED) is 0.290. The Bertz CT molecular complexity index is 899. The number of aromatic hydroxyl groups is 1. The van der Waals surface area contributed by atoms with Crippen molar-refractivity contribution in [2.75, 3.05) is 33.3 Å². The Morgan fingerprint density at radius 3 is 2.65 bits per heavy atom. The van der Waals surface area contributed by atoms with Crippen LogP contribution in [0.1, 0.15) is 69.9 Å². The van der Waals surface area contributed by atoms with Gasteiger partial charge in [0.2, 0.25) is 0 Å². The van der Waals surface area contributed by atoms with E-state index in [0.29, 0.717) is 44.5 Å². The van der Waals surface area contributed by atoms with Crippen LogP contribution in [0.15, 0.2) is 12.1 Å². The van der Waals surface area contributed by atoms with Gasteiger partial charge < -0.3 is 35.1 Å². The summed E-state index contributed by atoms with van der Waals surface area (Å²) in [5, 5.41) is 26.4. The molecule has 1 aromatic rings. The van der Waals surface area contributed by atoms with Gasteiger partial charge in [-0.2, -0.15) is 0 Å². The summed E-state index contributed by atoms with van der Waals surface area (Å²) in [6.07, 6.45) is 4.92. The van der Waals surface area contributed by atoms with Crippen LogP contribution in [0.5, 0.6) is 11.5 Å². The lowest BCUT2D eigenvalue weighted by Crippen LogP contribution is -2.49. The maximum atomic E-state index is 12.8. The van der Waals surface area contributed by atoms with Gasteiger partial charge in [-0.1, -0.05) is 6.07 Å². The van der Waals surface area contributed by atoms with Crippen molar-refractivity contribution < 1.29 is 34.0 Å². The molecule has 1 fully saturated rings. The molecule has 2 aliphatic heterocycles. The van der Waals surface area contributed by atoms with Crippen LogP contribution in [0.4, 0.5) is 0 Å². The Morgan fingerprint density at radius 2 is 1.97 bits per heavy atom. The molecule has 0 bridgehead atoms. The molecule has 2 heterocycles. The minimum absolute atomic E-state index is 0.0908.